The number of aliphatic hydroxyl groups is 1. The highest BCUT2D eigenvalue weighted by Gasteiger charge is 2.11. The third-order valence-corrected chi connectivity index (χ3v) is 3.04. The smallest absolute Gasteiger partial charge is 0.319 e. The van der Waals surface area contributed by atoms with Gasteiger partial charge in [0, 0.05) is 18.7 Å². The molecule has 0 heterocycles. The largest absolute Gasteiger partial charge is 0.497 e. The number of hydrogen-bond acceptors (Lipinski definition) is 3. The average molecular weight is 287 g/mol. The van der Waals surface area contributed by atoms with Crippen LogP contribution in [0.15, 0.2) is 18.2 Å². The number of rotatable bonds is 6. The van der Waals surface area contributed by atoms with Crippen molar-refractivity contribution in [3.05, 3.63) is 23.2 Å². The third-order valence-electron chi connectivity index (χ3n) is 2.73. The molecule has 1 rings (SSSR count). The van der Waals surface area contributed by atoms with Gasteiger partial charge in [0.15, 0.2) is 0 Å². The van der Waals surface area contributed by atoms with Gasteiger partial charge >= 0.3 is 6.03 Å². The first-order chi connectivity index (χ1) is 9.10. The maximum Gasteiger partial charge on any atom is 0.319 e. The fraction of sp³-hybridized carbons (Fsp3) is 0.462. The lowest BCUT2D eigenvalue weighted by Crippen LogP contribution is -2.38. The summed E-state index contributed by atoms with van der Waals surface area (Å²) in [5.41, 5.74) is 0.513. The Kier molecular flexibility index (Phi) is 6.45. The van der Waals surface area contributed by atoms with Crippen molar-refractivity contribution in [3.63, 3.8) is 0 Å². The van der Waals surface area contributed by atoms with Crippen LogP contribution in [-0.4, -0.2) is 30.9 Å². The number of urea groups is 1. The quantitative estimate of drug-likeness (QED) is 0.753. The first-order valence-electron chi connectivity index (χ1n) is 6.12. The lowest BCUT2D eigenvalue weighted by Gasteiger charge is -2.16. The van der Waals surface area contributed by atoms with E-state index in [4.69, 9.17) is 21.4 Å². The minimum atomic E-state index is -0.340. The summed E-state index contributed by atoms with van der Waals surface area (Å²) >= 11 is 6.02. The molecule has 0 spiro atoms. The summed E-state index contributed by atoms with van der Waals surface area (Å²) in [7, 11) is 1.55. The van der Waals surface area contributed by atoms with E-state index < -0.39 is 0 Å². The van der Waals surface area contributed by atoms with Gasteiger partial charge in [0.05, 0.1) is 17.8 Å². The molecule has 0 bridgehead atoms. The second kappa shape index (κ2) is 7.86. The van der Waals surface area contributed by atoms with Crippen molar-refractivity contribution in [3.8, 4) is 5.75 Å². The maximum absolute atomic E-state index is 11.8. The Hall–Kier alpha value is -1.46. The van der Waals surface area contributed by atoms with E-state index in [0.717, 1.165) is 6.42 Å². The first-order valence-corrected chi connectivity index (χ1v) is 6.50. The Balaban J connectivity index is 2.61. The number of nitrogens with one attached hydrogen (secondary N) is 2. The standard InChI is InChI=1S/C13H19ClN2O3/c1-3-9(6-7-17)15-13(18)16-12-5-4-10(19-2)8-11(12)14/h4-5,8-9,17H,3,6-7H2,1-2H3,(H2,15,16,18). The number of carbonyl (C=O) groups is 1. The van der Waals surface area contributed by atoms with Crippen LogP contribution < -0.4 is 15.4 Å². The molecule has 0 aromatic heterocycles. The Labute approximate surface area is 117 Å². The van der Waals surface area contributed by atoms with Gasteiger partial charge in [-0.15, -0.1) is 0 Å². The zero-order chi connectivity index (χ0) is 14.3. The highest BCUT2D eigenvalue weighted by atomic mass is 35.5. The van der Waals surface area contributed by atoms with Crippen molar-refractivity contribution in [1.29, 1.82) is 0 Å². The van der Waals surface area contributed by atoms with Gasteiger partial charge in [-0.3, -0.25) is 0 Å². The van der Waals surface area contributed by atoms with Crippen LogP contribution in [0.2, 0.25) is 5.02 Å². The summed E-state index contributed by atoms with van der Waals surface area (Å²) < 4.78 is 5.03. The molecule has 5 nitrogen and oxygen atoms in total. The molecule has 106 valence electrons. The van der Waals surface area contributed by atoms with Crippen molar-refractivity contribution < 1.29 is 14.6 Å². The Morgan fingerprint density at radius 2 is 2.26 bits per heavy atom. The SMILES string of the molecule is CCC(CCO)NC(=O)Nc1ccc(OC)cc1Cl. The van der Waals surface area contributed by atoms with Crippen molar-refractivity contribution in [2.24, 2.45) is 0 Å². The van der Waals surface area contributed by atoms with Gasteiger partial charge in [0.25, 0.3) is 0 Å². The van der Waals surface area contributed by atoms with E-state index in [2.05, 4.69) is 10.6 Å². The zero-order valence-corrected chi connectivity index (χ0v) is 11.8. The van der Waals surface area contributed by atoms with Crippen molar-refractivity contribution >= 4 is 23.3 Å². The molecule has 1 unspecified atom stereocenters. The molecule has 19 heavy (non-hydrogen) atoms. The van der Waals surface area contributed by atoms with Crippen LogP contribution in [0.1, 0.15) is 19.8 Å². The van der Waals surface area contributed by atoms with Crippen molar-refractivity contribution in [2.75, 3.05) is 19.0 Å². The molecule has 3 N–H and O–H groups in total. The Morgan fingerprint density at radius 3 is 2.79 bits per heavy atom. The number of halogens is 1. The number of amides is 2. The summed E-state index contributed by atoms with van der Waals surface area (Å²) in [5.74, 6) is 0.627. The predicted molar refractivity (Wildman–Crippen MR) is 75.9 cm³/mol. The number of hydrogen-bond donors (Lipinski definition) is 3. The number of aliphatic hydroxyl groups excluding tert-OH is 1. The maximum atomic E-state index is 11.8. The number of carbonyl (C=O) groups excluding carboxylic acids is 1. The van der Waals surface area contributed by atoms with Gasteiger partial charge in [-0.25, -0.2) is 4.79 Å². The molecule has 1 aromatic carbocycles. The van der Waals surface area contributed by atoms with Crippen LogP contribution in [-0.2, 0) is 0 Å². The molecule has 0 aliphatic carbocycles. The van der Waals surface area contributed by atoms with E-state index in [-0.39, 0.29) is 18.7 Å². The van der Waals surface area contributed by atoms with Crippen LogP contribution in [0.5, 0.6) is 5.75 Å². The third kappa shape index (κ3) is 4.96. The van der Waals surface area contributed by atoms with E-state index in [9.17, 15) is 4.79 Å². The molecule has 1 aromatic rings. The summed E-state index contributed by atoms with van der Waals surface area (Å²) in [4.78, 5) is 11.8. The topological polar surface area (TPSA) is 70.6 Å². The molecule has 1 atom stereocenters. The molecular formula is C13H19ClN2O3. The zero-order valence-electron chi connectivity index (χ0n) is 11.1. The molecule has 0 fully saturated rings. The highest BCUT2D eigenvalue weighted by Crippen LogP contribution is 2.26. The average Bonchev–Trinajstić information content (AvgIpc) is 2.40. The minimum Gasteiger partial charge on any atom is -0.497 e. The number of ether oxygens (including phenoxy) is 1. The van der Waals surface area contributed by atoms with E-state index in [0.29, 0.717) is 22.9 Å². The van der Waals surface area contributed by atoms with Crippen LogP contribution in [0, 0.1) is 0 Å². The fourth-order valence-corrected chi connectivity index (χ4v) is 1.82. The van der Waals surface area contributed by atoms with E-state index in [1.165, 1.54) is 0 Å². The summed E-state index contributed by atoms with van der Waals surface area (Å²) in [6, 6.07) is 4.62. The number of methoxy groups -OCH3 is 1. The second-order valence-electron chi connectivity index (χ2n) is 4.06. The van der Waals surface area contributed by atoms with Gasteiger partial charge < -0.3 is 20.5 Å². The Bertz CT molecular complexity index is 426. The van der Waals surface area contributed by atoms with Crippen LogP contribution >= 0.6 is 11.6 Å². The number of anilines is 1. The van der Waals surface area contributed by atoms with Crippen LogP contribution in [0.25, 0.3) is 0 Å². The molecule has 6 heteroatoms. The molecule has 2 amide bonds. The summed E-state index contributed by atoms with van der Waals surface area (Å²) in [6.45, 7) is 1.99. The first kappa shape index (κ1) is 15.6. The van der Waals surface area contributed by atoms with Gasteiger partial charge in [-0.05, 0) is 25.0 Å². The summed E-state index contributed by atoms with van der Waals surface area (Å²) in [6.07, 6.45) is 1.28. The lowest BCUT2D eigenvalue weighted by atomic mass is 10.2. The van der Waals surface area contributed by atoms with Gasteiger partial charge in [-0.1, -0.05) is 18.5 Å². The van der Waals surface area contributed by atoms with E-state index in [1.807, 2.05) is 6.92 Å². The minimum absolute atomic E-state index is 0.0437. The summed E-state index contributed by atoms with van der Waals surface area (Å²) in [5, 5.41) is 14.7. The van der Waals surface area contributed by atoms with Gasteiger partial charge in [0.1, 0.15) is 5.75 Å². The van der Waals surface area contributed by atoms with Crippen LogP contribution in [0.3, 0.4) is 0 Å². The molecule has 0 saturated heterocycles. The fourth-order valence-electron chi connectivity index (χ4n) is 1.60. The van der Waals surface area contributed by atoms with Crippen molar-refractivity contribution in [2.45, 2.75) is 25.8 Å². The molecule has 0 aliphatic heterocycles. The predicted octanol–water partition coefficient (Wildman–Crippen LogP) is 2.63. The second-order valence-corrected chi connectivity index (χ2v) is 4.47. The molecule has 0 radical (unpaired) electrons. The Morgan fingerprint density at radius 1 is 1.53 bits per heavy atom. The van der Waals surface area contributed by atoms with Gasteiger partial charge in [0.2, 0.25) is 0 Å². The molecular weight excluding hydrogens is 268 g/mol. The van der Waals surface area contributed by atoms with Crippen LogP contribution in [0.4, 0.5) is 10.5 Å². The molecule has 0 aliphatic rings. The van der Waals surface area contributed by atoms with Crippen molar-refractivity contribution in [1.82, 2.24) is 5.32 Å². The normalized spacial score (nSPS) is 11.8. The monoisotopic (exact) mass is 286 g/mol. The van der Waals surface area contributed by atoms with E-state index >= 15 is 0 Å². The number of benzene rings is 1. The van der Waals surface area contributed by atoms with Gasteiger partial charge in [-0.2, -0.15) is 0 Å². The lowest BCUT2D eigenvalue weighted by molar-refractivity contribution is 0.237. The van der Waals surface area contributed by atoms with E-state index in [1.54, 1.807) is 25.3 Å². The highest BCUT2D eigenvalue weighted by molar-refractivity contribution is 6.33. The molecule has 0 saturated carbocycles.